The molecule has 3 rings (SSSR count). The van der Waals surface area contributed by atoms with Crippen LogP contribution in [-0.4, -0.2) is 48.2 Å². The molecule has 9 nitrogen and oxygen atoms in total. The van der Waals surface area contributed by atoms with Crippen LogP contribution in [0, 0.1) is 0 Å². The molecule has 0 fully saturated rings. The van der Waals surface area contributed by atoms with Gasteiger partial charge >= 0.3 is 0 Å². The summed E-state index contributed by atoms with van der Waals surface area (Å²) in [7, 11) is 1.19. The Morgan fingerprint density at radius 3 is 2.26 bits per heavy atom. The molecule has 2 N–H and O–H groups in total. The molecule has 0 unspecified atom stereocenters. The molecule has 0 spiro atoms. The molecule has 1 heterocycles. The number of carbonyl (C=O) groups is 2. The number of hydrazine groups is 1. The predicted octanol–water partition coefficient (Wildman–Crippen LogP) is 2.51. The average Bonchev–Trinajstić information content (AvgIpc) is 3.10. The lowest BCUT2D eigenvalue weighted by atomic mass is 9.87. The molecule has 1 aromatic heterocycles. The number of fused-ring (bicyclic) bond motifs is 1. The molecular formula is C24H31N5O4S. The van der Waals surface area contributed by atoms with Crippen molar-refractivity contribution >= 4 is 32.9 Å². The van der Waals surface area contributed by atoms with Gasteiger partial charge in [0.1, 0.15) is 5.82 Å². The molecule has 0 saturated heterocycles. The summed E-state index contributed by atoms with van der Waals surface area (Å²) in [5, 5.41) is 0. The number of amides is 2. The lowest BCUT2D eigenvalue weighted by Crippen LogP contribution is -2.41. The molecule has 0 atom stereocenters. The summed E-state index contributed by atoms with van der Waals surface area (Å²) in [6.07, 6.45) is 0.423. The number of sulfonamides is 1. The summed E-state index contributed by atoms with van der Waals surface area (Å²) in [6.45, 7) is 6.28. The van der Waals surface area contributed by atoms with Gasteiger partial charge in [-0.2, -0.15) is 0 Å². The topological polar surface area (TPSA) is 113 Å². The molecule has 0 aliphatic carbocycles. The highest BCUT2D eigenvalue weighted by atomic mass is 32.2. The Hall–Kier alpha value is -3.24. The second kappa shape index (κ2) is 9.55. The van der Waals surface area contributed by atoms with Gasteiger partial charge in [-0.05, 0) is 41.3 Å². The van der Waals surface area contributed by atoms with Crippen molar-refractivity contribution < 1.29 is 18.0 Å². The predicted molar refractivity (Wildman–Crippen MR) is 131 cm³/mol. The highest BCUT2D eigenvalue weighted by Gasteiger charge is 2.19. The zero-order valence-electron chi connectivity index (χ0n) is 20.3. The van der Waals surface area contributed by atoms with E-state index in [4.69, 9.17) is 0 Å². The van der Waals surface area contributed by atoms with E-state index in [1.165, 1.54) is 20.2 Å². The first-order chi connectivity index (χ1) is 15.8. The van der Waals surface area contributed by atoms with Crippen molar-refractivity contribution in [2.75, 3.05) is 14.1 Å². The van der Waals surface area contributed by atoms with E-state index in [-0.39, 0.29) is 22.6 Å². The second-order valence-corrected chi connectivity index (χ2v) is 11.5. The molecule has 3 aromatic rings. The number of hydrogen-bond acceptors (Lipinski definition) is 5. The quantitative estimate of drug-likeness (QED) is 0.521. The molecule has 0 radical (unpaired) electrons. The van der Waals surface area contributed by atoms with E-state index in [0.717, 1.165) is 15.4 Å². The van der Waals surface area contributed by atoms with E-state index < -0.39 is 15.9 Å². The van der Waals surface area contributed by atoms with E-state index in [0.29, 0.717) is 23.3 Å². The Labute approximate surface area is 200 Å². The summed E-state index contributed by atoms with van der Waals surface area (Å²) >= 11 is 0. The van der Waals surface area contributed by atoms with Gasteiger partial charge in [0.05, 0.1) is 15.9 Å². The van der Waals surface area contributed by atoms with Crippen LogP contribution < -0.4 is 10.9 Å². The van der Waals surface area contributed by atoms with Crippen LogP contribution in [0.1, 0.15) is 48.9 Å². The number of imidazole rings is 1. The fraction of sp³-hybridized carbons (Fsp3) is 0.375. The highest BCUT2D eigenvalue weighted by Crippen LogP contribution is 2.23. The number of benzene rings is 2. The van der Waals surface area contributed by atoms with Crippen molar-refractivity contribution in [1.29, 1.82) is 0 Å². The van der Waals surface area contributed by atoms with Crippen LogP contribution in [0.15, 0.2) is 47.4 Å². The zero-order chi connectivity index (χ0) is 25.3. The number of rotatable bonds is 6. The highest BCUT2D eigenvalue weighted by molar-refractivity contribution is 7.89. The Morgan fingerprint density at radius 1 is 1.03 bits per heavy atom. The Morgan fingerprint density at radius 2 is 1.68 bits per heavy atom. The molecule has 2 amide bonds. The van der Waals surface area contributed by atoms with E-state index in [1.54, 1.807) is 24.3 Å². The number of carbonyl (C=O) groups excluding carboxylic acids is 2. The van der Waals surface area contributed by atoms with Gasteiger partial charge in [0, 0.05) is 39.5 Å². The van der Waals surface area contributed by atoms with Crippen molar-refractivity contribution in [2.24, 2.45) is 7.05 Å². The van der Waals surface area contributed by atoms with E-state index in [1.807, 2.05) is 23.7 Å². The van der Waals surface area contributed by atoms with Crippen LogP contribution in [-0.2, 0) is 33.7 Å². The largest absolute Gasteiger partial charge is 0.331 e. The maximum atomic E-state index is 12.4. The Kier molecular flexibility index (Phi) is 7.13. The Bertz CT molecular complexity index is 1320. The number of nitrogens with zero attached hydrogens (tertiary/aromatic N) is 3. The molecule has 182 valence electrons. The first kappa shape index (κ1) is 25.4. The zero-order valence-corrected chi connectivity index (χ0v) is 21.2. The Balaban J connectivity index is 1.60. The van der Waals surface area contributed by atoms with Crippen LogP contribution in [0.4, 0.5) is 0 Å². The van der Waals surface area contributed by atoms with Crippen LogP contribution in [0.3, 0.4) is 0 Å². The van der Waals surface area contributed by atoms with E-state index in [9.17, 15) is 18.0 Å². The van der Waals surface area contributed by atoms with Crippen LogP contribution >= 0.6 is 0 Å². The first-order valence-electron chi connectivity index (χ1n) is 10.9. The molecule has 2 aromatic carbocycles. The summed E-state index contributed by atoms with van der Waals surface area (Å²) < 4.78 is 27.7. The van der Waals surface area contributed by atoms with Gasteiger partial charge < -0.3 is 4.57 Å². The lowest BCUT2D eigenvalue weighted by molar-refractivity contribution is -0.121. The van der Waals surface area contributed by atoms with Crippen molar-refractivity contribution in [3.05, 3.63) is 59.4 Å². The fourth-order valence-corrected chi connectivity index (χ4v) is 4.35. The average molecular weight is 486 g/mol. The summed E-state index contributed by atoms with van der Waals surface area (Å²) in [5.41, 5.74) is 7.71. The minimum atomic E-state index is -3.57. The lowest BCUT2D eigenvalue weighted by Gasteiger charge is -2.19. The van der Waals surface area contributed by atoms with E-state index in [2.05, 4.69) is 36.6 Å². The van der Waals surface area contributed by atoms with Gasteiger partial charge in [0.25, 0.3) is 5.91 Å². The smallest absolute Gasteiger partial charge is 0.269 e. The number of hydrogen-bond donors (Lipinski definition) is 2. The third kappa shape index (κ3) is 5.45. The molecule has 10 heteroatoms. The number of aromatic nitrogens is 2. The van der Waals surface area contributed by atoms with Crippen LogP contribution in [0.2, 0.25) is 0 Å². The maximum absolute atomic E-state index is 12.4. The second-order valence-electron chi connectivity index (χ2n) is 9.35. The molecule has 0 aliphatic rings. The summed E-state index contributed by atoms with van der Waals surface area (Å²) in [4.78, 5) is 29.3. The van der Waals surface area contributed by atoms with Gasteiger partial charge in [-0.3, -0.25) is 20.4 Å². The van der Waals surface area contributed by atoms with Gasteiger partial charge in [-0.15, -0.1) is 0 Å². The van der Waals surface area contributed by atoms with Crippen molar-refractivity contribution in [3.63, 3.8) is 0 Å². The minimum absolute atomic E-state index is 0.0127. The van der Waals surface area contributed by atoms with Crippen molar-refractivity contribution in [3.8, 4) is 0 Å². The third-order valence-corrected chi connectivity index (χ3v) is 7.44. The number of aryl methyl sites for hydroxylation is 2. The molecule has 0 saturated carbocycles. The standard InChI is InChI=1S/C24H31N5O4S/c1-24(2,3)17-9-7-16(8-10-17)23(31)27-26-22(30)14-13-21-25-19-15-18(34(32,33)28(4)5)11-12-20(19)29(21)6/h7-12,15H,13-14H2,1-6H3,(H,26,30)(H,27,31). The third-order valence-electron chi connectivity index (χ3n) is 5.63. The molecular weight excluding hydrogens is 454 g/mol. The number of nitrogens with one attached hydrogen (secondary N) is 2. The maximum Gasteiger partial charge on any atom is 0.269 e. The van der Waals surface area contributed by atoms with Crippen LogP contribution in [0.25, 0.3) is 11.0 Å². The SMILES string of the molecule is CN(C)S(=O)(=O)c1ccc2c(c1)nc(CCC(=O)NNC(=O)c1ccc(C(C)(C)C)cc1)n2C. The van der Waals surface area contributed by atoms with Gasteiger partial charge in [-0.1, -0.05) is 32.9 Å². The van der Waals surface area contributed by atoms with Crippen molar-refractivity contribution in [2.45, 2.75) is 43.9 Å². The summed E-state index contributed by atoms with van der Waals surface area (Å²) in [6, 6.07) is 12.0. The molecule has 34 heavy (non-hydrogen) atoms. The van der Waals surface area contributed by atoms with Gasteiger partial charge in [0.15, 0.2) is 0 Å². The van der Waals surface area contributed by atoms with E-state index >= 15 is 0 Å². The van der Waals surface area contributed by atoms with Gasteiger partial charge in [-0.25, -0.2) is 17.7 Å². The monoisotopic (exact) mass is 485 g/mol. The normalized spacial score (nSPS) is 12.2. The first-order valence-corrected chi connectivity index (χ1v) is 12.3. The minimum Gasteiger partial charge on any atom is -0.331 e. The fourth-order valence-electron chi connectivity index (χ4n) is 3.43. The van der Waals surface area contributed by atoms with Crippen LogP contribution in [0.5, 0.6) is 0 Å². The molecule has 0 bridgehead atoms. The summed E-state index contributed by atoms with van der Waals surface area (Å²) in [5.74, 6) is -0.123. The van der Waals surface area contributed by atoms with Gasteiger partial charge in [0.2, 0.25) is 15.9 Å². The molecule has 0 aliphatic heterocycles. The van der Waals surface area contributed by atoms with Crippen molar-refractivity contribution in [1.82, 2.24) is 24.7 Å².